The average molecular weight is 261 g/mol. The molecule has 1 amide bonds. The number of rotatable bonds is 4. The number of nitrogens with two attached hydrogens (primary N) is 1. The number of carbonyl (C=O) groups excluding carboxylic acids is 1. The van der Waals surface area contributed by atoms with Gasteiger partial charge in [-0.05, 0) is 23.3 Å². The van der Waals surface area contributed by atoms with Crippen molar-refractivity contribution in [1.29, 1.82) is 0 Å². The minimum absolute atomic E-state index is 0.279. The Kier molecular flexibility index (Phi) is 2.98. The third-order valence-corrected chi connectivity index (χ3v) is 3.23. The molecule has 6 nitrogen and oxygen atoms in total. The molecular formula is C13H15N3O3. The molecule has 0 aromatic heterocycles. The number of amides is 1. The highest BCUT2D eigenvalue weighted by Crippen LogP contribution is 2.28. The van der Waals surface area contributed by atoms with E-state index < -0.39 is 0 Å². The van der Waals surface area contributed by atoms with Crippen molar-refractivity contribution in [3.8, 4) is 5.75 Å². The predicted molar refractivity (Wildman–Crippen MR) is 70.6 cm³/mol. The van der Waals surface area contributed by atoms with Gasteiger partial charge in [-0.2, -0.15) is 0 Å². The van der Waals surface area contributed by atoms with E-state index >= 15 is 0 Å². The Hall–Kier alpha value is -2.24. The fraction of sp³-hybridized carbons (Fsp3) is 0.385. The molecule has 100 valence electrons. The van der Waals surface area contributed by atoms with Crippen LogP contribution in [0.3, 0.4) is 0 Å². The van der Waals surface area contributed by atoms with Crippen molar-refractivity contribution < 1.29 is 14.3 Å². The first kappa shape index (κ1) is 11.8. The maximum Gasteiger partial charge on any atom is 0.410 e. The van der Waals surface area contributed by atoms with Crippen LogP contribution in [0.25, 0.3) is 0 Å². The van der Waals surface area contributed by atoms with Crippen LogP contribution in [0.5, 0.6) is 5.75 Å². The van der Waals surface area contributed by atoms with E-state index in [0.29, 0.717) is 44.3 Å². The predicted octanol–water partition coefficient (Wildman–Crippen LogP) is 1.03. The molecule has 0 atom stereocenters. The van der Waals surface area contributed by atoms with Gasteiger partial charge in [0.05, 0.1) is 25.3 Å². The molecule has 1 saturated heterocycles. The lowest BCUT2D eigenvalue weighted by molar-refractivity contribution is 0.153. The van der Waals surface area contributed by atoms with E-state index in [1.54, 1.807) is 4.90 Å². The third-order valence-electron chi connectivity index (χ3n) is 3.23. The molecule has 1 fully saturated rings. The van der Waals surface area contributed by atoms with Crippen LogP contribution in [0.2, 0.25) is 0 Å². The molecule has 1 aromatic rings. The lowest BCUT2D eigenvalue weighted by Gasteiger charge is -2.14. The van der Waals surface area contributed by atoms with Gasteiger partial charge in [0.1, 0.15) is 19.0 Å². The Bertz CT molecular complexity index is 542. The van der Waals surface area contributed by atoms with Crippen molar-refractivity contribution in [2.24, 2.45) is 4.99 Å². The fourth-order valence-electron chi connectivity index (χ4n) is 2.18. The highest BCUT2D eigenvalue weighted by Gasteiger charge is 2.21. The van der Waals surface area contributed by atoms with Crippen LogP contribution >= 0.6 is 0 Å². The molecule has 0 unspecified atom stereocenters. The lowest BCUT2D eigenvalue weighted by atomic mass is 10.1. The molecule has 19 heavy (non-hydrogen) atoms. The Morgan fingerprint density at radius 1 is 1.47 bits per heavy atom. The van der Waals surface area contributed by atoms with Gasteiger partial charge >= 0.3 is 6.09 Å². The number of carbonyl (C=O) groups is 1. The van der Waals surface area contributed by atoms with E-state index in [2.05, 4.69) is 4.99 Å². The van der Waals surface area contributed by atoms with Crippen LogP contribution in [0, 0.1) is 0 Å². The summed E-state index contributed by atoms with van der Waals surface area (Å²) in [5, 5.41) is 0. The molecule has 2 aliphatic heterocycles. The van der Waals surface area contributed by atoms with Gasteiger partial charge in [-0.25, -0.2) is 4.79 Å². The van der Waals surface area contributed by atoms with Crippen molar-refractivity contribution in [1.82, 2.24) is 4.90 Å². The zero-order chi connectivity index (χ0) is 13.2. The van der Waals surface area contributed by atoms with E-state index in [1.165, 1.54) is 0 Å². The first-order valence-electron chi connectivity index (χ1n) is 6.21. The van der Waals surface area contributed by atoms with Gasteiger partial charge in [0.2, 0.25) is 0 Å². The van der Waals surface area contributed by atoms with Crippen LogP contribution < -0.4 is 10.5 Å². The summed E-state index contributed by atoms with van der Waals surface area (Å²) < 4.78 is 10.5. The van der Waals surface area contributed by atoms with Crippen molar-refractivity contribution in [2.45, 2.75) is 6.54 Å². The number of nitrogens with zero attached hydrogens (tertiary/aromatic N) is 2. The summed E-state index contributed by atoms with van der Waals surface area (Å²) >= 11 is 0. The Balaban J connectivity index is 1.60. The average Bonchev–Trinajstić information content (AvgIpc) is 2.99. The summed E-state index contributed by atoms with van der Waals surface area (Å²) in [5.74, 6) is 0.650. The maximum atomic E-state index is 11.2. The second kappa shape index (κ2) is 4.79. The molecule has 1 aromatic carbocycles. The maximum absolute atomic E-state index is 11.2. The quantitative estimate of drug-likeness (QED) is 0.821. The highest BCUT2D eigenvalue weighted by atomic mass is 16.6. The monoisotopic (exact) mass is 261 g/mol. The molecule has 2 heterocycles. The topological polar surface area (TPSA) is 77.1 Å². The second-order valence-electron chi connectivity index (χ2n) is 4.51. The number of nitrogen functional groups attached to an aromatic ring is 1. The Labute approximate surface area is 110 Å². The van der Waals surface area contributed by atoms with Crippen LogP contribution in [0.15, 0.2) is 17.1 Å². The van der Waals surface area contributed by atoms with Crippen molar-refractivity contribution in [3.63, 3.8) is 0 Å². The van der Waals surface area contributed by atoms with Gasteiger partial charge in [-0.3, -0.25) is 4.99 Å². The molecule has 2 aliphatic rings. The van der Waals surface area contributed by atoms with Crippen molar-refractivity contribution in [3.05, 3.63) is 23.3 Å². The fourth-order valence-corrected chi connectivity index (χ4v) is 2.18. The van der Waals surface area contributed by atoms with Crippen molar-refractivity contribution >= 4 is 18.0 Å². The van der Waals surface area contributed by atoms with Crippen LogP contribution in [0.4, 0.5) is 10.5 Å². The molecule has 0 spiro atoms. The van der Waals surface area contributed by atoms with Gasteiger partial charge < -0.3 is 20.1 Å². The second-order valence-corrected chi connectivity index (χ2v) is 4.51. The summed E-state index contributed by atoms with van der Waals surface area (Å²) in [5.41, 5.74) is 8.68. The Morgan fingerprint density at radius 2 is 2.37 bits per heavy atom. The first-order valence-corrected chi connectivity index (χ1v) is 6.21. The number of cyclic esters (lactones) is 1. The van der Waals surface area contributed by atoms with Gasteiger partial charge in [0.15, 0.2) is 0 Å². The normalized spacial score (nSPS) is 16.6. The largest absolute Gasteiger partial charge is 0.490 e. The zero-order valence-corrected chi connectivity index (χ0v) is 10.5. The van der Waals surface area contributed by atoms with Gasteiger partial charge in [-0.1, -0.05) is 0 Å². The van der Waals surface area contributed by atoms with E-state index in [0.717, 1.165) is 11.1 Å². The number of benzene rings is 1. The van der Waals surface area contributed by atoms with Crippen LogP contribution in [-0.2, 0) is 11.3 Å². The number of fused-ring (bicyclic) bond motifs is 1. The summed E-state index contributed by atoms with van der Waals surface area (Å²) in [4.78, 5) is 17.0. The van der Waals surface area contributed by atoms with E-state index in [4.69, 9.17) is 15.2 Å². The minimum Gasteiger partial charge on any atom is -0.490 e. The molecule has 6 heteroatoms. The molecule has 0 bridgehead atoms. The number of hydrogen-bond acceptors (Lipinski definition) is 5. The minimum atomic E-state index is -0.279. The van der Waals surface area contributed by atoms with Gasteiger partial charge in [-0.15, -0.1) is 0 Å². The smallest absolute Gasteiger partial charge is 0.410 e. The summed E-state index contributed by atoms with van der Waals surface area (Å²) in [6, 6.07) is 3.78. The summed E-state index contributed by atoms with van der Waals surface area (Å²) in [7, 11) is 0. The molecule has 3 rings (SSSR count). The highest BCUT2D eigenvalue weighted by molar-refractivity contribution is 5.86. The summed E-state index contributed by atoms with van der Waals surface area (Å²) in [6.07, 6.45) is 1.54. The number of ether oxygens (including phenoxy) is 2. The first-order chi connectivity index (χ1) is 9.24. The molecule has 0 aliphatic carbocycles. The Morgan fingerprint density at radius 3 is 3.16 bits per heavy atom. The van der Waals surface area contributed by atoms with Crippen molar-refractivity contribution in [2.75, 3.05) is 32.0 Å². The number of aliphatic imine (C=N–C) groups is 1. The molecule has 2 N–H and O–H groups in total. The number of hydrogen-bond donors (Lipinski definition) is 1. The molecular weight excluding hydrogens is 246 g/mol. The zero-order valence-electron chi connectivity index (χ0n) is 10.5. The molecule has 0 radical (unpaired) electrons. The standard InChI is InChI=1S/C13H15N3O3/c14-11-5-9-7-15-8-10(9)6-12(11)18-3-1-16-2-4-19-13(16)17/h5-7H,1-4,8,14H2. The van der Waals surface area contributed by atoms with E-state index in [9.17, 15) is 4.79 Å². The molecule has 0 saturated carbocycles. The van der Waals surface area contributed by atoms with Crippen LogP contribution in [0.1, 0.15) is 11.1 Å². The van der Waals surface area contributed by atoms with E-state index in [-0.39, 0.29) is 6.09 Å². The number of anilines is 1. The van der Waals surface area contributed by atoms with Crippen LogP contribution in [-0.4, -0.2) is 43.5 Å². The third kappa shape index (κ3) is 2.33. The SMILES string of the molecule is Nc1cc2c(cc1OCCN1CCOC1=O)CN=C2. The van der Waals surface area contributed by atoms with Gasteiger partial charge in [0.25, 0.3) is 0 Å². The summed E-state index contributed by atoms with van der Waals surface area (Å²) in [6.45, 7) is 2.65. The van der Waals surface area contributed by atoms with Gasteiger partial charge in [0, 0.05) is 6.21 Å². The van der Waals surface area contributed by atoms with E-state index in [1.807, 2.05) is 18.3 Å². The lowest BCUT2D eigenvalue weighted by Crippen LogP contribution is -2.29.